The van der Waals surface area contributed by atoms with Crippen LogP contribution in [0.2, 0.25) is 5.02 Å². The minimum absolute atomic E-state index is 0.00495. The highest BCUT2D eigenvalue weighted by Crippen LogP contribution is 2.27. The molecule has 0 aliphatic carbocycles. The highest BCUT2D eigenvalue weighted by Gasteiger charge is 2.26. The molecule has 1 amide bonds. The van der Waals surface area contributed by atoms with Crippen molar-refractivity contribution in [2.45, 2.75) is 32.7 Å². The van der Waals surface area contributed by atoms with Crippen molar-refractivity contribution < 1.29 is 13.6 Å². The molecule has 1 saturated heterocycles. The maximum Gasteiger partial charge on any atom is 0.255 e. The summed E-state index contributed by atoms with van der Waals surface area (Å²) < 4.78 is 28.9. The third-order valence-corrected chi connectivity index (χ3v) is 6.16. The van der Waals surface area contributed by atoms with E-state index in [1.807, 2.05) is 24.3 Å². The number of hydrogen-bond donors (Lipinski definition) is 1. The lowest BCUT2D eigenvalue weighted by molar-refractivity contribution is 0.0936. The molecule has 32 heavy (non-hydrogen) atoms. The van der Waals surface area contributed by atoms with E-state index in [4.69, 9.17) is 11.6 Å². The van der Waals surface area contributed by atoms with Crippen LogP contribution in [0.5, 0.6) is 0 Å². The first-order chi connectivity index (χ1) is 15.3. The summed E-state index contributed by atoms with van der Waals surface area (Å²) in [5, 5.41) is 8.02. The van der Waals surface area contributed by atoms with Gasteiger partial charge in [-0.15, -0.1) is 0 Å². The number of aryl methyl sites for hydroxylation is 1. The number of benzene rings is 2. The molecule has 4 rings (SSSR count). The van der Waals surface area contributed by atoms with E-state index in [-0.39, 0.29) is 17.6 Å². The van der Waals surface area contributed by atoms with E-state index in [0.717, 1.165) is 37.6 Å². The molecule has 2 heterocycles. The zero-order valence-electron chi connectivity index (χ0n) is 18.0. The van der Waals surface area contributed by atoms with Crippen LogP contribution in [0.3, 0.4) is 0 Å². The molecule has 8 heteroatoms. The van der Waals surface area contributed by atoms with Gasteiger partial charge in [-0.25, -0.2) is 13.5 Å². The van der Waals surface area contributed by atoms with Crippen LogP contribution in [0.4, 0.5) is 8.78 Å². The van der Waals surface area contributed by atoms with Gasteiger partial charge in [0.25, 0.3) is 5.91 Å². The number of nitrogens with zero attached hydrogens (tertiary/aromatic N) is 3. The lowest BCUT2D eigenvalue weighted by atomic mass is 10.0. The highest BCUT2D eigenvalue weighted by molar-refractivity contribution is 6.30. The average molecular weight is 459 g/mol. The Morgan fingerprint density at radius 1 is 1.16 bits per heavy atom. The van der Waals surface area contributed by atoms with Crippen molar-refractivity contribution in [1.29, 1.82) is 0 Å². The molecule has 1 atom stereocenters. The van der Waals surface area contributed by atoms with Gasteiger partial charge in [0.15, 0.2) is 5.82 Å². The van der Waals surface area contributed by atoms with E-state index < -0.39 is 11.6 Å². The third kappa shape index (κ3) is 4.54. The Labute approximate surface area is 191 Å². The predicted molar refractivity (Wildman–Crippen MR) is 120 cm³/mol. The van der Waals surface area contributed by atoms with Crippen molar-refractivity contribution in [3.8, 4) is 5.69 Å². The Bertz CT molecular complexity index is 1140. The van der Waals surface area contributed by atoms with Crippen molar-refractivity contribution in [2.24, 2.45) is 0 Å². The molecule has 2 aromatic carbocycles. The van der Waals surface area contributed by atoms with Crippen LogP contribution in [0.1, 0.15) is 46.2 Å². The number of nitrogens with one attached hydrogen (secondary N) is 1. The molecule has 3 aromatic rings. The zero-order chi connectivity index (χ0) is 22.8. The molecule has 1 aliphatic heterocycles. The Hall–Kier alpha value is -2.77. The number of carbonyl (C=O) groups is 1. The Morgan fingerprint density at radius 3 is 2.59 bits per heavy atom. The topological polar surface area (TPSA) is 50.2 Å². The number of carbonyl (C=O) groups excluding carboxylic acids is 1. The van der Waals surface area contributed by atoms with Gasteiger partial charge in [0, 0.05) is 17.6 Å². The number of rotatable bonds is 6. The van der Waals surface area contributed by atoms with Crippen LogP contribution in [-0.2, 0) is 0 Å². The molecule has 1 fully saturated rings. The maximum atomic E-state index is 14.3. The van der Waals surface area contributed by atoms with E-state index >= 15 is 0 Å². The minimum atomic E-state index is -0.738. The van der Waals surface area contributed by atoms with E-state index in [2.05, 4.69) is 15.3 Å². The van der Waals surface area contributed by atoms with Crippen molar-refractivity contribution >= 4 is 17.5 Å². The standard InChI is InChI=1S/C24H25ClF2N4O/c1-15-23(16(2)31(29-15)21-9-8-19(26)13-20(21)27)24(32)28-14-22(30-10-3-4-11-30)17-6-5-7-18(25)12-17/h5-9,12-13,22H,3-4,10-11,14H2,1-2H3,(H,28,32). The van der Waals surface area contributed by atoms with Crippen LogP contribution in [-0.4, -0.2) is 40.2 Å². The lowest BCUT2D eigenvalue weighted by Crippen LogP contribution is -2.37. The van der Waals surface area contributed by atoms with Gasteiger partial charge in [0.2, 0.25) is 0 Å². The molecular formula is C24H25ClF2N4O. The maximum absolute atomic E-state index is 14.3. The van der Waals surface area contributed by atoms with E-state index in [9.17, 15) is 13.6 Å². The molecule has 0 saturated carbocycles. The summed E-state index contributed by atoms with van der Waals surface area (Å²) in [7, 11) is 0. The van der Waals surface area contributed by atoms with Gasteiger partial charge in [-0.05, 0) is 69.6 Å². The zero-order valence-corrected chi connectivity index (χ0v) is 18.8. The number of aromatic nitrogens is 2. The first-order valence-corrected chi connectivity index (χ1v) is 11.0. The van der Waals surface area contributed by atoms with E-state index in [1.54, 1.807) is 13.8 Å². The largest absolute Gasteiger partial charge is 0.350 e. The van der Waals surface area contributed by atoms with Crippen LogP contribution >= 0.6 is 11.6 Å². The van der Waals surface area contributed by atoms with Crippen LogP contribution < -0.4 is 5.32 Å². The summed E-state index contributed by atoms with van der Waals surface area (Å²) >= 11 is 6.21. The van der Waals surface area contributed by atoms with Gasteiger partial charge in [0.1, 0.15) is 11.5 Å². The monoisotopic (exact) mass is 458 g/mol. The lowest BCUT2D eigenvalue weighted by Gasteiger charge is -2.28. The second kappa shape index (κ2) is 9.38. The van der Waals surface area contributed by atoms with Crippen LogP contribution in [0, 0.1) is 25.5 Å². The van der Waals surface area contributed by atoms with Gasteiger partial charge in [-0.1, -0.05) is 23.7 Å². The second-order valence-corrected chi connectivity index (χ2v) is 8.51. The normalized spacial score (nSPS) is 15.2. The quantitative estimate of drug-likeness (QED) is 0.566. The molecule has 1 unspecified atom stereocenters. The number of halogens is 3. The Morgan fingerprint density at radius 2 is 1.91 bits per heavy atom. The summed E-state index contributed by atoms with van der Waals surface area (Å²) in [5.41, 5.74) is 2.51. The first-order valence-electron chi connectivity index (χ1n) is 10.6. The first kappa shape index (κ1) is 22.4. The van der Waals surface area contributed by atoms with Gasteiger partial charge < -0.3 is 5.32 Å². The summed E-state index contributed by atoms with van der Waals surface area (Å²) in [4.78, 5) is 15.5. The molecule has 0 spiro atoms. The third-order valence-electron chi connectivity index (χ3n) is 5.93. The molecule has 1 aromatic heterocycles. The average Bonchev–Trinajstić information content (AvgIpc) is 3.36. The van der Waals surface area contributed by atoms with Crippen molar-refractivity contribution in [1.82, 2.24) is 20.0 Å². The molecular weight excluding hydrogens is 434 g/mol. The molecule has 0 bridgehead atoms. The van der Waals surface area contributed by atoms with Gasteiger partial charge in [-0.3, -0.25) is 9.69 Å². The number of hydrogen-bond acceptors (Lipinski definition) is 3. The smallest absolute Gasteiger partial charge is 0.255 e. The van der Waals surface area contributed by atoms with Crippen LogP contribution in [0.15, 0.2) is 42.5 Å². The summed E-state index contributed by atoms with van der Waals surface area (Å²) in [5.74, 6) is -1.68. The molecule has 1 N–H and O–H groups in total. The van der Waals surface area contributed by atoms with E-state index in [1.165, 1.54) is 16.8 Å². The fourth-order valence-corrected chi connectivity index (χ4v) is 4.56. The minimum Gasteiger partial charge on any atom is -0.350 e. The number of likely N-dealkylation sites (tertiary alicyclic amines) is 1. The molecule has 0 radical (unpaired) electrons. The van der Waals surface area contributed by atoms with Gasteiger partial charge in [0.05, 0.1) is 23.0 Å². The van der Waals surface area contributed by atoms with Gasteiger partial charge in [-0.2, -0.15) is 5.10 Å². The predicted octanol–water partition coefficient (Wildman–Crippen LogP) is 4.99. The van der Waals surface area contributed by atoms with Crippen molar-refractivity contribution in [2.75, 3.05) is 19.6 Å². The number of amides is 1. The molecule has 5 nitrogen and oxygen atoms in total. The van der Waals surface area contributed by atoms with Crippen molar-refractivity contribution in [3.63, 3.8) is 0 Å². The fraction of sp³-hybridized carbons (Fsp3) is 0.333. The Kier molecular flexibility index (Phi) is 6.58. The fourth-order valence-electron chi connectivity index (χ4n) is 4.36. The van der Waals surface area contributed by atoms with Crippen molar-refractivity contribution in [3.05, 3.63) is 81.6 Å². The van der Waals surface area contributed by atoms with Gasteiger partial charge >= 0.3 is 0 Å². The Balaban J connectivity index is 1.57. The summed E-state index contributed by atoms with van der Waals surface area (Å²) in [6.07, 6.45) is 2.25. The molecule has 1 aliphatic rings. The summed E-state index contributed by atoms with van der Waals surface area (Å²) in [6.45, 7) is 5.75. The van der Waals surface area contributed by atoms with Crippen LogP contribution in [0.25, 0.3) is 5.69 Å². The van der Waals surface area contributed by atoms with E-state index in [0.29, 0.717) is 28.5 Å². The SMILES string of the molecule is Cc1nn(-c2ccc(F)cc2F)c(C)c1C(=O)NCC(c1cccc(Cl)c1)N1CCCC1. The summed E-state index contributed by atoms with van der Waals surface area (Å²) in [6, 6.07) is 11.0. The second-order valence-electron chi connectivity index (χ2n) is 8.08. The highest BCUT2D eigenvalue weighted by atomic mass is 35.5. The molecule has 168 valence electrons.